The van der Waals surface area contributed by atoms with Crippen molar-refractivity contribution in [2.75, 3.05) is 25.1 Å². The molecule has 3 heterocycles. The Morgan fingerprint density at radius 1 is 1.33 bits per heavy atom. The van der Waals surface area contributed by atoms with Crippen molar-refractivity contribution in [2.45, 2.75) is 47.1 Å². The van der Waals surface area contributed by atoms with Gasteiger partial charge in [-0.15, -0.1) is 0 Å². The second kappa shape index (κ2) is 8.83. The lowest BCUT2D eigenvalue weighted by molar-refractivity contribution is 0.0699. The van der Waals surface area contributed by atoms with Crippen LogP contribution in [0, 0.1) is 12.8 Å². The van der Waals surface area contributed by atoms with E-state index in [1.807, 2.05) is 43.8 Å². The number of hydrogen-bond donors (Lipinski definition) is 1. The van der Waals surface area contributed by atoms with E-state index in [1.165, 1.54) is 0 Å². The highest BCUT2D eigenvalue weighted by Crippen LogP contribution is 2.18. The van der Waals surface area contributed by atoms with Gasteiger partial charge in [0.2, 0.25) is 0 Å². The van der Waals surface area contributed by atoms with Crippen molar-refractivity contribution in [1.29, 1.82) is 0 Å². The van der Waals surface area contributed by atoms with Crippen molar-refractivity contribution in [3.8, 4) is 0 Å². The zero-order chi connectivity index (χ0) is 17.5. The molecule has 3 rings (SSSR count). The molecule has 5 heteroatoms. The van der Waals surface area contributed by atoms with Crippen LogP contribution in [0.5, 0.6) is 0 Å². The summed E-state index contributed by atoms with van der Waals surface area (Å²) in [4.78, 5) is 16.9. The number of ether oxygens (including phenoxy) is 1. The summed E-state index contributed by atoms with van der Waals surface area (Å²) in [6.07, 6.45) is 5.89. The van der Waals surface area contributed by atoms with E-state index in [1.54, 1.807) is 0 Å². The fourth-order valence-electron chi connectivity index (χ4n) is 2.97. The van der Waals surface area contributed by atoms with E-state index >= 15 is 0 Å². The predicted molar refractivity (Wildman–Crippen MR) is 99.8 cm³/mol. The van der Waals surface area contributed by atoms with Crippen LogP contribution in [-0.2, 0) is 11.3 Å². The molecule has 0 atom stereocenters. The van der Waals surface area contributed by atoms with E-state index in [-0.39, 0.29) is 5.43 Å². The molecule has 0 spiro atoms. The Hall–Kier alpha value is -1.88. The number of fused-ring (bicyclic) bond motifs is 1. The summed E-state index contributed by atoms with van der Waals surface area (Å²) in [5, 5.41) is 4.12. The monoisotopic (exact) mass is 331 g/mol. The molecule has 5 nitrogen and oxygen atoms in total. The van der Waals surface area contributed by atoms with Crippen LogP contribution in [0.3, 0.4) is 0 Å². The molecule has 132 valence electrons. The van der Waals surface area contributed by atoms with Crippen LogP contribution in [0.25, 0.3) is 11.0 Å². The molecule has 0 saturated carbocycles. The summed E-state index contributed by atoms with van der Waals surface area (Å²) >= 11 is 0. The average molecular weight is 331 g/mol. The lowest BCUT2D eigenvalue weighted by Gasteiger charge is -2.22. The van der Waals surface area contributed by atoms with Crippen LogP contribution in [-0.4, -0.2) is 29.3 Å². The van der Waals surface area contributed by atoms with Gasteiger partial charge < -0.3 is 14.6 Å². The molecule has 1 N–H and O–H groups in total. The zero-order valence-electron chi connectivity index (χ0n) is 15.3. The Morgan fingerprint density at radius 3 is 2.71 bits per heavy atom. The Labute approximate surface area is 144 Å². The maximum atomic E-state index is 12.4. The molecule has 0 aliphatic carbocycles. The van der Waals surface area contributed by atoms with Gasteiger partial charge in [0.25, 0.3) is 0 Å². The molecule has 0 bridgehead atoms. The molecule has 1 aliphatic rings. The maximum Gasteiger partial charge on any atom is 0.193 e. The highest BCUT2D eigenvalue weighted by molar-refractivity contribution is 5.79. The van der Waals surface area contributed by atoms with Gasteiger partial charge in [0.1, 0.15) is 5.65 Å². The standard InChI is InChI=1S/C17H23N3O2.C2H6/c1-3-20-11-12(2)16(21)15-8-14(10-19-17(15)20)18-9-13-4-6-22-7-5-13;1-2/h8,10-11,13,18H,3-7,9H2,1-2H3;1-2H3. The van der Waals surface area contributed by atoms with Crippen molar-refractivity contribution in [3.63, 3.8) is 0 Å². The second-order valence-corrected chi connectivity index (χ2v) is 5.96. The second-order valence-electron chi connectivity index (χ2n) is 5.96. The number of rotatable bonds is 4. The van der Waals surface area contributed by atoms with Crippen LogP contribution in [0.1, 0.15) is 39.2 Å². The van der Waals surface area contributed by atoms with E-state index in [2.05, 4.69) is 17.2 Å². The highest BCUT2D eigenvalue weighted by atomic mass is 16.5. The molecule has 0 radical (unpaired) electrons. The first-order valence-corrected chi connectivity index (χ1v) is 9.00. The summed E-state index contributed by atoms with van der Waals surface area (Å²) in [5.74, 6) is 0.634. The van der Waals surface area contributed by atoms with E-state index in [0.717, 1.165) is 56.0 Å². The molecule has 1 aliphatic heterocycles. The number of aromatic nitrogens is 2. The van der Waals surface area contributed by atoms with Crippen molar-refractivity contribution in [3.05, 3.63) is 34.2 Å². The minimum Gasteiger partial charge on any atom is -0.383 e. The fraction of sp³-hybridized carbons (Fsp3) is 0.579. The number of nitrogens with zero attached hydrogens (tertiary/aromatic N) is 2. The van der Waals surface area contributed by atoms with Crippen LogP contribution in [0.4, 0.5) is 5.69 Å². The van der Waals surface area contributed by atoms with Gasteiger partial charge in [0, 0.05) is 38.1 Å². The van der Waals surface area contributed by atoms with E-state index < -0.39 is 0 Å². The minimum atomic E-state index is 0.0712. The van der Waals surface area contributed by atoms with E-state index in [9.17, 15) is 4.79 Å². The lowest BCUT2D eigenvalue weighted by atomic mass is 10.0. The maximum absolute atomic E-state index is 12.4. The van der Waals surface area contributed by atoms with Crippen LogP contribution < -0.4 is 10.7 Å². The minimum absolute atomic E-state index is 0.0712. The SMILES string of the molecule is CC.CCn1cc(C)c(=O)c2cc(NCC3CCOCC3)cnc21. The van der Waals surface area contributed by atoms with Gasteiger partial charge in [0.15, 0.2) is 5.43 Å². The van der Waals surface area contributed by atoms with E-state index in [0.29, 0.717) is 11.3 Å². The smallest absolute Gasteiger partial charge is 0.193 e. The molecule has 0 amide bonds. The number of nitrogens with one attached hydrogen (secondary N) is 1. The normalized spacial score (nSPS) is 15.0. The summed E-state index contributed by atoms with van der Waals surface area (Å²) in [7, 11) is 0. The molecule has 0 aromatic carbocycles. The fourth-order valence-corrected chi connectivity index (χ4v) is 2.97. The first kappa shape index (κ1) is 18.5. The van der Waals surface area contributed by atoms with Crippen molar-refractivity contribution < 1.29 is 4.74 Å². The summed E-state index contributed by atoms with van der Waals surface area (Å²) < 4.78 is 7.40. The third kappa shape index (κ3) is 4.15. The van der Waals surface area contributed by atoms with Gasteiger partial charge in [0.05, 0.1) is 17.3 Å². The van der Waals surface area contributed by atoms with Crippen LogP contribution in [0.2, 0.25) is 0 Å². The first-order chi connectivity index (χ1) is 11.7. The van der Waals surface area contributed by atoms with Crippen molar-refractivity contribution in [2.24, 2.45) is 5.92 Å². The van der Waals surface area contributed by atoms with Gasteiger partial charge in [-0.3, -0.25) is 4.79 Å². The van der Waals surface area contributed by atoms with E-state index in [4.69, 9.17) is 4.74 Å². The van der Waals surface area contributed by atoms with Gasteiger partial charge >= 0.3 is 0 Å². The topological polar surface area (TPSA) is 56.2 Å². The molecular formula is C19H29N3O2. The average Bonchev–Trinajstić information content (AvgIpc) is 2.65. The lowest BCUT2D eigenvalue weighted by Crippen LogP contribution is -2.22. The number of hydrogen-bond acceptors (Lipinski definition) is 4. The Balaban J connectivity index is 0.00000100. The van der Waals surface area contributed by atoms with Gasteiger partial charge in [-0.2, -0.15) is 0 Å². The molecule has 24 heavy (non-hydrogen) atoms. The zero-order valence-corrected chi connectivity index (χ0v) is 15.3. The third-order valence-electron chi connectivity index (χ3n) is 4.37. The van der Waals surface area contributed by atoms with Gasteiger partial charge in [-0.1, -0.05) is 13.8 Å². The quantitative estimate of drug-likeness (QED) is 0.930. The van der Waals surface area contributed by atoms with Gasteiger partial charge in [-0.25, -0.2) is 4.98 Å². The number of anilines is 1. The Bertz CT molecular complexity index is 718. The van der Waals surface area contributed by atoms with Crippen molar-refractivity contribution >= 4 is 16.7 Å². The number of pyridine rings is 2. The van der Waals surface area contributed by atoms with Crippen LogP contribution in [0.15, 0.2) is 23.3 Å². The predicted octanol–water partition coefficient (Wildman–Crippen LogP) is 3.59. The third-order valence-corrected chi connectivity index (χ3v) is 4.37. The molecule has 1 saturated heterocycles. The Morgan fingerprint density at radius 2 is 2.04 bits per heavy atom. The van der Waals surface area contributed by atoms with Crippen LogP contribution >= 0.6 is 0 Å². The van der Waals surface area contributed by atoms with Gasteiger partial charge in [-0.05, 0) is 38.7 Å². The van der Waals surface area contributed by atoms with Crippen molar-refractivity contribution in [1.82, 2.24) is 9.55 Å². The first-order valence-electron chi connectivity index (χ1n) is 9.00. The number of aryl methyl sites for hydroxylation is 2. The molecule has 2 aromatic heterocycles. The molecular weight excluding hydrogens is 302 g/mol. The summed E-state index contributed by atoms with van der Waals surface area (Å²) in [6.45, 7) is 11.3. The molecule has 2 aromatic rings. The molecule has 0 unspecified atom stereocenters. The molecule has 1 fully saturated rings. The highest BCUT2D eigenvalue weighted by Gasteiger charge is 2.14. The largest absolute Gasteiger partial charge is 0.383 e. The summed E-state index contributed by atoms with van der Waals surface area (Å²) in [5.41, 5.74) is 2.51. The Kier molecular flexibility index (Phi) is 6.79. The summed E-state index contributed by atoms with van der Waals surface area (Å²) in [6, 6.07) is 1.93.